The van der Waals surface area contributed by atoms with Gasteiger partial charge in [-0.2, -0.15) is 0 Å². The van der Waals surface area contributed by atoms with Crippen LogP contribution in [-0.2, 0) is 24.3 Å². The first-order valence-corrected chi connectivity index (χ1v) is 9.02. The number of aromatic nitrogens is 1. The van der Waals surface area contributed by atoms with E-state index in [-0.39, 0.29) is 36.4 Å². The molecule has 136 valence electrons. The van der Waals surface area contributed by atoms with Gasteiger partial charge in [-0.05, 0) is 35.6 Å². The summed E-state index contributed by atoms with van der Waals surface area (Å²) >= 11 is 1.78. The van der Waals surface area contributed by atoms with Gasteiger partial charge in [0.2, 0.25) is 5.91 Å². The summed E-state index contributed by atoms with van der Waals surface area (Å²) in [6.45, 7) is 3.40. The van der Waals surface area contributed by atoms with E-state index >= 15 is 0 Å². The summed E-state index contributed by atoms with van der Waals surface area (Å²) in [5.41, 5.74) is 1.29. The van der Waals surface area contributed by atoms with Crippen molar-refractivity contribution in [3.8, 4) is 0 Å². The van der Waals surface area contributed by atoms with Gasteiger partial charge in [0.05, 0.1) is 6.54 Å². The lowest BCUT2D eigenvalue weighted by Gasteiger charge is -2.27. The summed E-state index contributed by atoms with van der Waals surface area (Å²) in [6.07, 6.45) is 5.01. The second-order valence-corrected chi connectivity index (χ2v) is 6.71. The number of nitrogens with one attached hydrogen (secondary N) is 2. The number of carbonyl (C=O) groups is 1. The zero-order valence-electron chi connectivity index (χ0n) is 14.3. The number of hydrogen-bond donors (Lipinski definition) is 2. The Kier molecular flexibility index (Phi) is 7.76. The van der Waals surface area contributed by atoms with Crippen molar-refractivity contribution in [1.29, 1.82) is 0 Å². The largest absolute Gasteiger partial charge is 0.355 e. The van der Waals surface area contributed by atoms with Crippen molar-refractivity contribution in [1.82, 2.24) is 20.1 Å². The standard InChI is InChI=1S/C17H23N5OS.HI/c1-18-17(19-6-10-21-7-2-3-8-21)20-12-16(23)22-9-4-15-14(13-22)5-11-24-15;/h2-3,5,7-8,11H,4,6,9-10,12-13H2,1H3,(H2,18,19,20);1H. The van der Waals surface area contributed by atoms with Crippen molar-refractivity contribution >= 4 is 47.2 Å². The summed E-state index contributed by atoms with van der Waals surface area (Å²) in [7, 11) is 1.72. The third-order valence-electron chi connectivity index (χ3n) is 4.12. The lowest BCUT2D eigenvalue weighted by molar-refractivity contribution is -0.130. The molecule has 2 aromatic heterocycles. The second-order valence-electron chi connectivity index (χ2n) is 5.71. The van der Waals surface area contributed by atoms with E-state index in [0.29, 0.717) is 5.96 Å². The Morgan fingerprint density at radius 3 is 2.88 bits per heavy atom. The van der Waals surface area contributed by atoms with Gasteiger partial charge in [0, 0.05) is 50.5 Å². The molecule has 0 bridgehead atoms. The minimum absolute atomic E-state index is 0. The molecule has 1 amide bonds. The predicted octanol–water partition coefficient (Wildman–Crippen LogP) is 1.92. The zero-order valence-corrected chi connectivity index (χ0v) is 17.4. The summed E-state index contributed by atoms with van der Waals surface area (Å²) in [5, 5.41) is 8.44. The minimum Gasteiger partial charge on any atom is -0.355 e. The Labute approximate surface area is 169 Å². The average molecular weight is 473 g/mol. The highest BCUT2D eigenvalue weighted by molar-refractivity contribution is 14.0. The number of hydrogen-bond acceptors (Lipinski definition) is 3. The van der Waals surface area contributed by atoms with Crippen LogP contribution in [0.1, 0.15) is 10.4 Å². The third-order valence-corrected chi connectivity index (χ3v) is 5.14. The maximum Gasteiger partial charge on any atom is 0.242 e. The van der Waals surface area contributed by atoms with Gasteiger partial charge in [-0.25, -0.2) is 0 Å². The Morgan fingerprint density at radius 1 is 1.32 bits per heavy atom. The Morgan fingerprint density at radius 2 is 2.12 bits per heavy atom. The van der Waals surface area contributed by atoms with Crippen molar-refractivity contribution in [3.63, 3.8) is 0 Å². The number of nitrogens with zero attached hydrogens (tertiary/aromatic N) is 3. The number of aliphatic imine (C=N–C) groups is 1. The third kappa shape index (κ3) is 5.46. The fourth-order valence-corrected chi connectivity index (χ4v) is 3.67. The molecule has 8 heteroatoms. The van der Waals surface area contributed by atoms with Crippen LogP contribution in [-0.4, -0.2) is 48.0 Å². The lowest BCUT2D eigenvalue weighted by atomic mass is 10.1. The zero-order chi connectivity index (χ0) is 16.8. The SMILES string of the molecule is CN=C(NCCn1cccc1)NCC(=O)N1CCc2sccc2C1.I. The molecule has 3 rings (SSSR count). The van der Waals surface area contributed by atoms with Crippen molar-refractivity contribution in [2.75, 3.05) is 26.7 Å². The number of carbonyl (C=O) groups excluding carboxylic acids is 1. The van der Waals surface area contributed by atoms with Crippen molar-refractivity contribution in [2.45, 2.75) is 19.5 Å². The number of rotatable bonds is 5. The van der Waals surface area contributed by atoms with Crippen LogP contribution < -0.4 is 10.6 Å². The molecule has 0 unspecified atom stereocenters. The fourth-order valence-electron chi connectivity index (χ4n) is 2.78. The topological polar surface area (TPSA) is 61.7 Å². The smallest absolute Gasteiger partial charge is 0.242 e. The Hall–Kier alpha value is -1.55. The van der Waals surface area contributed by atoms with Crippen molar-refractivity contribution < 1.29 is 4.79 Å². The molecule has 0 atom stereocenters. The molecule has 0 aliphatic carbocycles. The van der Waals surface area contributed by atoms with Crippen LogP contribution >= 0.6 is 35.3 Å². The summed E-state index contributed by atoms with van der Waals surface area (Å²) in [5.74, 6) is 0.768. The molecule has 0 aromatic carbocycles. The van der Waals surface area contributed by atoms with Gasteiger partial charge in [-0.3, -0.25) is 9.79 Å². The highest BCUT2D eigenvalue weighted by Crippen LogP contribution is 2.23. The van der Waals surface area contributed by atoms with Crippen LogP contribution in [0.15, 0.2) is 41.0 Å². The number of thiophene rings is 1. The van der Waals surface area contributed by atoms with Gasteiger partial charge in [0.1, 0.15) is 0 Å². The molecule has 1 aliphatic rings. The fraction of sp³-hybridized carbons (Fsp3) is 0.412. The van der Waals surface area contributed by atoms with Gasteiger partial charge < -0.3 is 20.1 Å². The van der Waals surface area contributed by atoms with Gasteiger partial charge in [-0.1, -0.05) is 0 Å². The maximum absolute atomic E-state index is 12.4. The molecule has 0 fully saturated rings. The van der Waals surface area contributed by atoms with E-state index in [0.717, 1.165) is 32.6 Å². The molecule has 2 aromatic rings. The van der Waals surface area contributed by atoms with Gasteiger partial charge in [0.15, 0.2) is 5.96 Å². The highest BCUT2D eigenvalue weighted by Gasteiger charge is 2.21. The minimum atomic E-state index is 0. The quantitative estimate of drug-likeness (QED) is 0.397. The maximum atomic E-state index is 12.4. The normalized spacial score (nSPS) is 13.8. The molecular formula is C17H24IN5OS. The van der Waals surface area contributed by atoms with Crippen LogP contribution in [0.5, 0.6) is 0 Å². The van der Waals surface area contributed by atoms with Crippen LogP contribution in [0.25, 0.3) is 0 Å². The van der Waals surface area contributed by atoms with Crippen LogP contribution in [0.4, 0.5) is 0 Å². The number of halogens is 1. The number of guanidine groups is 1. The highest BCUT2D eigenvalue weighted by atomic mass is 127. The van der Waals surface area contributed by atoms with E-state index in [2.05, 4.69) is 31.6 Å². The monoisotopic (exact) mass is 473 g/mol. The molecule has 3 heterocycles. The molecule has 0 radical (unpaired) electrons. The Bertz CT molecular complexity index is 698. The van der Waals surface area contributed by atoms with E-state index in [4.69, 9.17) is 0 Å². The van der Waals surface area contributed by atoms with Crippen molar-refractivity contribution in [2.24, 2.45) is 4.99 Å². The first-order chi connectivity index (χ1) is 11.8. The summed E-state index contributed by atoms with van der Waals surface area (Å²) in [6, 6.07) is 6.13. The lowest BCUT2D eigenvalue weighted by Crippen LogP contribution is -2.46. The molecule has 6 nitrogen and oxygen atoms in total. The predicted molar refractivity (Wildman–Crippen MR) is 113 cm³/mol. The molecule has 0 spiro atoms. The van der Waals surface area contributed by atoms with E-state index in [1.54, 1.807) is 18.4 Å². The molecule has 0 saturated carbocycles. The summed E-state index contributed by atoms with van der Waals surface area (Å²) < 4.78 is 2.09. The second kappa shape index (κ2) is 9.81. The average Bonchev–Trinajstić information content (AvgIpc) is 3.28. The van der Waals surface area contributed by atoms with Gasteiger partial charge in [-0.15, -0.1) is 35.3 Å². The Balaban J connectivity index is 0.00000225. The van der Waals surface area contributed by atoms with Crippen LogP contribution in [0.2, 0.25) is 0 Å². The number of fused-ring (bicyclic) bond motifs is 1. The van der Waals surface area contributed by atoms with E-state index < -0.39 is 0 Å². The van der Waals surface area contributed by atoms with Gasteiger partial charge in [0.25, 0.3) is 0 Å². The molecule has 1 aliphatic heterocycles. The molecule has 25 heavy (non-hydrogen) atoms. The van der Waals surface area contributed by atoms with Crippen molar-refractivity contribution in [3.05, 3.63) is 46.4 Å². The van der Waals surface area contributed by atoms with E-state index in [1.165, 1.54) is 10.4 Å². The van der Waals surface area contributed by atoms with Crippen LogP contribution in [0.3, 0.4) is 0 Å². The molecule has 0 saturated heterocycles. The summed E-state index contributed by atoms with van der Waals surface area (Å²) in [4.78, 5) is 19.9. The molecular weight excluding hydrogens is 449 g/mol. The first kappa shape index (κ1) is 19.8. The number of amides is 1. The molecule has 2 N–H and O–H groups in total. The van der Waals surface area contributed by atoms with Crippen LogP contribution in [0, 0.1) is 0 Å². The van der Waals surface area contributed by atoms with E-state index in [1.807, 2.05) is 29.4 Å². The first-order valence-electron chi connectivity index (χ1n) is 8.14. The van der Waals surface area contributed by atoms with E-state index in [9.17, 15) is 4.79 Å². The van der Waals surface area contributed by atoms with Gasteiger partial charge >= 0.3 is 0 Å².